The molecule has 0 amide bonds. The molecule has 0 saturated heterocycles. The molecule has 3 rings (SSSR count). The number of para-hydroxylation sites is 2. The van der Waals surface area contributed by atoms with Crippen molar-refractivity contribution in [3.63, 3.8) is 0 Å². The predicted molar refractivity (Wildman–Crippen MR) is 74.9 cm³/mol. The minimum Gasteiger partial charge on any atom is -0.431 e. The fraction of sp³-hybridized carbons (Fsp3) is 0.133. The largest absolute Gasteiger partial charge is 0.431 e. The van der Waals surface area contributed by atoms with E-state index in [1.807, 2.05) is 30.3 Å². The van der Waals surface area contributed by atoms with Crippen LogP contribution in [-0.2, 0) is 6.42 Å². The number of nitrogens with zero attached hydrogens (tertiary/aromatic N) is 1. The molecule has 0 fully saturated rings. The molecule has 2 aromatic carbocycles. The van der Waals surface area contributed by atoms with E-state index in [-0.39, 0.29) is 0 Å². The normalized spacial score (nSPS) is 10.9. The summed E-state index contributed by atoms with van der Waals surface area (Å²) >= 11 is 1.66. The summed E-state index contributed by atoms with van der Waals surface area (Å²) in [4.78, 5) is 4.44. The van der Waals surface area contributed by atoms with E-state index in [0.717, 1.165) is 28.5 Å². The highest BCUT2D eigenvalue weighted by molar-refractivity contribution is 7.99. The van der Waals surface area contributed by atoms with E-state index in [4.69, 9.17) is 4.42 Å². The summed E-state index contributed by atoms with van der Waals surface area (Å²) in [5.74, 6) is 0.983. The molecule has 0 aliphatic carbocycles. The summed E-state index contributed by atoms with van der Waals surface area (Å²) < 4.78 is 5.66. The molecule has 3 heteroatoms. The summed E-state index contributed by atoms with van der Waals surface area (Å²) in [7, 11) is 0. The Hall–Kier alpha value is -1.74. The first kappa shape index (κ1) is 11.4. The maximum Gasteiger partial charge on any atom is 0.256 e. The maximum absolute atomic E-state index is 5.66. The molecule has 0 saturated carbocycles. The smallest absolute Gasteiger partial charge is 0.256 e. The Bertz CT molecular complexity index is 600. The van der Waals surface area contributed by atoms with Crippen LogP contribution in [0.1, 0.15) is 5.56 Å². The Labute approximate surface area is 110 Å². The van der Waals surface area contributed by atoms with Gasteiger partial charge in [-0.05, 0) is 24.1 Å². The highest BCUT2D eigenvalue weighted by atomic mass is 32.2. The van der Waals surface area contributed by atoms with Crippen LogP contribution in [0.2, 0.25) is 0 Å². The third-order valence-corrected chi connectivity index (χ3v) is 3.56. The predicted octanol–water partition coefficient (Wildman–Crippen LogP) is 4.16. The van der Waals surface area contributed by atoms with E-state index in [2.05, 4.69) is 29.2 Å². The van der Waals surface area contributed by atoms with Crippen molar-refractivity contribution in [1.82, 2.24) is 4.98 Å². The number of aromatic nitrogens is 1. The summed E-state index contributed by atoms with van der Waals surface area (Å²) in [6.07, 6.45) is 1.03. The second kappa shape index (κ2) is 5.27. The van der Waals surface area contributed by atoms with E-state index >= 15 is 0 Å². The van der Waals surface area contributed by atoms with Gasteiger partial charge in [0, 0.05) is 5.75 Å². The van der Waals surface area contributed by atoms with Gasteiger partial charge in [-0.2, -0.15) is 0 Å². The summed E-state index contributed by atoms with van der Waals surface area (Å²) in [6, 6.07) is 18.3. The zero-order valence-electron chi connectivity index (χ0n) is 9.87. The van der Waals surface area contributed by atoms with Gasteiger partial charge in [-0.3, -0.25) is 0 Å². The van der Waals surface area contributed by atoms with Crippen LogP contribution in [0.5, 0.6) is 0 Å². The third-order valence-electron chi connectivity index (χ3n) is 2.73. The van der Waals surface area contributed by atoms with Gasteiger partial charge >= 0.3 is 0 Å². The van der Waals surface area contributed by atoms with E-state index < -0.39 is 0 Å². The lowest BCUT2D eigenvalue weighted by Gasteiger charge is -1.98. The number of benzene rings is 2. The summed E-state index contributed by atoms with van der Waals surface area (Å²) in [5.41, 5.74) is 3.14. The average Bonchev–Trinajstić information content (AvgIpc) is 2.82. The lowest BCUT2D eigenvalue weighted by atomic mass is 10.2. The molecule has 0 bridgehead atoms. The number of rotatable bonds is 4. The number of hydrogen-bond acceptors (Lipinski definition) is 3. The first-order chi connectivity index (χ1) is 8.92. The van der Waals surface area contributed by atoms with Gasteiger partial charge in [0.2, 0.25) is 0 Å². The molecule has 90 valence electrons. The molecule has 0 aliphatic rings. The molecular weight excluding hydrogens is 242 g/mol. The zero-order chi connectivity index (χ0) is 12.2. The third kappa shape index (κ3) is 2.57. The van der Waals surface area contributed by atoms with Crippen molar-refractivity contribution >= 4 is 22.9 Å². The van der Waals surface area contributed by atoms with Crippen molar-refractivity contribution in [3.05, 3.63) is 60.2 Å². The summed E-state index contributed by atoms with van der Waals surface area (Å²) in [5, 5.41) is 0.757. The molecule has 0 aliphatic heterocycles. The van der Waals surface area contributed by atoms with Crippen LogP contribution in [0, 0.1) is 0 Å². The van der Waals surface area contributed by atoms with Gasteiger partial charge in [-0.1, -0.05) is 54.2 Å². The molecule has 0 atom stereocenters. The van der Waals surface area contributed by atoms with Crippen LogP contribution in [0.15, 0.2) is 64.2 Å². The van der Waals surface area contributed by atoms with E-state index in [9.17, 15) is 0 Å². The van der Waals surface area contributed by atoms with Crippen molar-refractivity contribution in [1.29, 1.82) is 0 Å². The highest BCUT2D eigenvalue weighted by Gasteiger charge is 2.05. The van der Waals surface area contributed by atoms with Gasteiger partial charge in [0.1, 0.15) is 5.52 Å². The van der Waals surface area contributed by atoms with Crippen molar-refractivity contribution in [2.24, 2.45) is 0 Å². The number of hydrogen-bond donors (Lipinski definition) is 0. The first-order valence-electron chi connectivity index (χ1n) is 5.94. The Morgan fingerprint density at radius 3 is 2.56 bits per heavy atom. The van der Waals surface area contributed by atoms with Crippen molar-refractivity contribution in [3.8, 4) is 0 Å². The quantitative estimate of drug-likeness (QED) is 0.655. The SMILES string of the molecule is c1ccc(CCSc2nc3ccccc3o2)cc1. The zero-order valence-corrected chi connectivity index (χ0v) is 10.7. The van der Waals surface area contributed by atoms with Gasteiger partial charge in [0.15, 0.2) is 5.58 Å². The maximum atomic E-state index is 5.66. The van der Waals surface area contributed by atoms with Gasteiger partial charge in [-0.15, -0.1) is 0 Å². The van der Waals surface area contributed by atoms with Crippen molar-refractivity contribution in [2.45, 2.75) is 11.6 Å². The molecule has 1 aromatic heterocycles. The molecule has 0 N–H and O–H groups in total. The monoisotopic (exact) mass is 255 g/mol. The Morgan fingerprint density at radius 1 is 0.944 bits per heavy atom. The minimum atomic E-state index is 0.757. The second-order valence-electron chi connectivity index (χ2n) is 4.03. The van der Waals surface area contributed by atoms with Crippen LogP contribution >= 0.6 is 11.8 Å². The number of fused-ring (bicyclic) bond motifs is 1. The lowest BCUT2D eigenvalue weighted by Crippen LogP contribution is -1.87. The second-order valence-corrected chi connectivity index (χ2v) is 5.08. The molecule has 1 heterocycles. The molecule has 0 unspecified atom stereocenters. The Morgan fingerprint density at radius 2 is 1.72 bits per heavy atom. The van der Waals surface area contributed by atoms with Gasteiger partial charge in [0.05, 0.1) is 0 Å². The van der Waals surface area contributed by atoms with Crippen LogP contribution in [0.25, 0.3) is 11.1 Å². The van der Waals surface area contributed by atoms with Gasteiger partial charge in [0.25, 0.3) is 5.22 Å². The van der Waals surface area contributed by atoms with Gasteiger partial charge < -0.3 is 4.42 Å². The molecule has 0 radical (unpaired) electrons. The molecule has 0 spiro atoms. The van der Waals surface area contributed by atoms with Crippen LogP contribution < -0.4 is 0 Å². The minimum absolute atomic E-state index is 0.757. The molecule has 2 nitrogen and oxygen atoms in total. The summed E-state index contributed by atoms with van der Waals surface area (Å²) in [6.45, 7) is 0. The highest BCUT2D eigenvalue weighted by Crippen LogP contribution is 2.23. The van der Waals surface area contributed by atoms with Crippen molar-refractivity contribution in [2.75, 3.05) is 5.75 Å². The van der Waals surface area contributed by atoms with Gasteiger partial charge in [-0.25, -0.2) is 4.98 Å². The average molecular weight is 255 g/mol. The number of thioether (sulfide) groups is 1. The van der Waals surface area contributed by atoms with E-state index in [1.165, 1.54) is 5.56 Å². The van der Waals surface area contributed by atoms with Crippen LogP contribution in [0.4, 0.5) is 0 Å². The fourth-order valence-corrected chi connectivity index (χ4v) is 2.64. The Balaban J connectivity index is 1.63. The van der Waals surface area contributed by atoms with Crippen LogP contribution in [-0.4, -0.2) is 10.7 Å². The fourth-order valence-electron chi connectivity index (χ4n) is 1.81. The van der Waals surface area contributed by atoms with Crippen molar-refractivity contribution < 1.29 is 4.42 Å². The Kier molecular flexibility index (Phi) is 3.33. The molecule has 3 aromatic rings. The molecular formula is C15H13NOS. The van der Waals surface area contributed by atoms with Crippen LogP contribution in [0.3, 0.4) is 0 Å². The van der Waals surface area contributed by atoms with E-state index in [0.29, 0.717) is 0 Å². The lowest BCUT2D eigenvalue weighted by molar-refractivity contribution is 0.489. The molecule has 18 heavy (non-hydrogen) atoms. The topological polar surface area (TPSA) is 26.0 Å². The first-order valence-corrected chi connectivity index (χ1v) is 6.93. The standard InChI is InChI=1S/C15H13NOS/c1-2-6-12(7-3-1)10-11-18-15-16-13-8-4-5-9-14(13)17-15/h1-9H,10-11H2. The number of aryl methyl sites for hydroxylation is 1. The van der Waals surface area contributed by atoms with E-state index in [1.54, 1.807) is 11.8 Å². The number of oxazole rings is 1.